The van der Waals surface area contributed by atoms with Gasteiger partial charge in [0, 0.05) is 24.9 Å². The summed E-state index contributed by atoms with van der Waals surface area (Å²) < 4.78 is 37.3. The molecule has 0 unspecified atom stereocenters. The minimum absolute atomic E-state index is 0.181. The van der Waals surface area contributed by atoms with E-state index in [1.165, 1.54) is 12.3 Å². The fourth-order valence-electron chi connectivity index (χ4n) is 3.64. The van der Waals surface area contributed by atoms with Gasteiger partial charge in [-0.25, -0.2) is 13.8 Å². The maximum Gasteiger partial charge on any atom is 0.327 e. The van der Waals surface area contributed by atoms with Crippen molar-refractivity contribution in [1.82, 2.24) is 10.3 Å². The molecule has 0 radical (unpaired) electrons. The van der Waals surface area contributed by atoms with Crippen molar-refractivity contribution in [3.8, 4) is 11.5 Å². The van der Waals surface area contributed by atoms with Gasteiger partial charge in [-0.2, -0.15) is 0 Å². The number of oxazole rings is 1. The number of nitrogens with one attached hydrogen (secondary N) is 1. The van der Waals surface area contributed by atoms with Gasteiger partial charge in [-0.1, -0.05) is 24.3 Å². The first-order valence-electron chi connectivity index (χ1n) is 9.39. The van der Waals surface area contributed by atoms with E-state index in [0.29, 0.717) is 30.7 Å². The van der Waals surface area contributed by atoms with Crippen LogP contribution in [0.2, 0.25) is 0 Å². The predicted molar refractivity (Wildman–Crippen MR) is 102 cm³/mol. The minimum Gasteiger partial charge on any atom is -0.465 e. The number of carbonyl (C=O) groups is 1. The third-order valence-corrected chi connectivity index (χ3v) is 5.10. The molecule has 0 spiro atoms. The van der Waals surface area contributed by atoms with E-state index in [-0.39, 0.29) is 18.4 Å². The fraction of sp³-hybridized carbons (Fsp3) is 0.273. The van der Waals surface area contributed by atoms with Crippen molar-refractivity contribution in [1.29, 1.82) is 0 Å². The molecule has 1 aliphatic rings. The third-order valence-electron chi connectivity index (χ3n) is 5.10. The van der Waals surface area contributed by atoms with Crippen molar-refractivity contribution in [2.75, 3.05) is 6.61 Å². The molecule has 1 aromatic heterocycles. The van der Waals surface area contributed by atoms with Crippen molar-refractivity contribution < 1.29 is 22.7 Å². The normalized spacial score (nSPS) is 14.6. The Bertz CT molecular complexity index is 1020. The molecule has 0 fully saturated rings. The van der Waals surface area contributed by atoms with Gasteiger partial charge in [0.1, 0.15) is 11.8 Å². The van der Waals surface area contributed by atoms with Crippen LogP contribution < -0.4 is 5.32 Å². The number of aromatic nitrogens is 1. The van der Waals surface area contributed by atoms with Crippen LogP contribution in [0, 0.1) is 11.6 Å². The number of nitrogens with zero attached hydrogens (tertiary/aromatic N) is 1. The molecule has 3 aromatic rings. The van der Waals surface area contributed by atoms with E-state index in [2.05, 4.69) is 10.3 Å². The lowest BCUT2D eigenvalue weighted by Gasteiger charge is -2.27. The molecule has 7 heteroatoms. The summed E-state index contributed by atoms with van der Waals surface area (Å²) >= 11 is 0. The van der Waals surface area contributed by atoms with Crippen LogP contribution in [0.3, 0.4) is 0 Å². The van der Waals surface area contributed by atoms with Crippen LogP contribution in [-0.4, -0.2) is 23.1 Å². The van der Waals surface area contributed by atoms with E-state index in [9.17, 15) is 13.6 Å². The lowest BCUT2D eigenvalue weighted by molar-refractivity contribution is -0.151. The molecule has 1 heterocycles. The number of esters is 1. The molecular weight excluding hydrogens is 378 g/mol. The van der Waals surface area contributed by atoms with Crippen LogP contribution in [0.15, 0.2) is 53.1 Å². The number of fused-ring (bicyclic) bond motifs is 1. The zero-order valence-electron chi connectivity index (χ0n) is 15.9. The molecule has 0 atom stereocenters. The van der Waals surface area contributed by atoms with Gasteiger partial charge in [-0.3, -0.25) is 10.1 Å². The summed E-state index contributed by atoms with van der Waals surface area (Å²) in [5, 5.41) is 3.30. The molecule has 1 aliphatic carbocycles. The average molecular weight is 398 g/mol. The Labute approximate surface area is 166 Å². The average Bonchev–Trinajstić information content (AvgIpc) is 3.34. The number of carbonyl (C=O) groups excluding carboxylic acids is 1. The van der Waals surface area contributed by atoms with Gasteiger partial charge in [-0.05, 0) is 36.2 Å². The quantitative estimate of drug-likeness (QED) is 0.640. The van der Waals surface area contributed by atoms with Crippen LogP contribution in [0.1, 0.15) is 23.7 Å². The van der Waals surface area contributed by atoms with Crippen molar-refractivity contribution in [3.05, 3.63) is 77.2 Å². The second-order valence-corrected chi connectivity index (χ2v) is 7.05. The Morgan fingerprint density at radius 1 is 1.17 bits per heavy atom. The lowest BCUT2D eigenvalue weighted by Crippen LogP contribution is -2.53. The summed E-state index contributed by atoms with van der Waals surface area (Å²) in [4.78, 5) is 17.1. The van der Waals surface area contributed by atoms with Crippen molar-refractivity contribution in [2.24, 2.45) is 0 Å². The van der Waals surface area contributed by atoms with Crippen molar-refractivity contribution >= 4 is 5.97 Å². The zero-order valence-corrected chi connectivity index (χ0v) is 15.9. The monoisotopic (exact) mass is 398 g/mol. The molecular formula is C22H20F2N2O3. The first-order valence-corrected chi connectivity index (χ1v) is 9.39. The summed E-state index contributed by atoms with van der Waals surface area (Å²) in [6, 6.07) is 11.4. The second-order valence-electron chi connectivity index (χ2n) is 7.05. The molecule has 0 aliphatic heterocycles. The summed E-state index contributed by atoms with van der Waals surface area (Å²) in [7, 11) is 0. The minimum atomic E-state index is -0.967. The molecule has 29 heavy (non-hydrogen) atoms. The SMILES string of the molecule is CCOC(=O)C1(NCc2coc(-c3ccc(F)c(F)c3)n2)Cc2ccccc2C1. The molecule has 2 aromatic carbocycles. The summed E-state index contributed by atoms with van der Waals surface area (Å²) in [5.74, 6) is -2.02. The highest BCUT2D eigenvalue weighted by atomic mass is 19.2. The summed E-state index contributed by atoms with van der Waals surface area (Å²) in [6.45, 7) is 2.34. The zero-order chi connectivity index (χ0) is 20.4. The standard InChI is InChI=1S/C22H20F2N2O3/c1-2-28-21(27)22(10-15-5-3-4-6-16(15)11-22)25-12-17-13-29-20(26-17)14-7-8-18(23)19(24)9-14/h3-9,13,25H,2,10-12H2,1H3. The van der Waals surface area contributed by atoms with Gasteiger partial charge >= 0.3 is 5.97 Å². The van der Waals surface area contributed by atoms with Gasteiger partial charge in [0.05, 0.1) is 12.3 Å². The largest absolute Gasteiger partial charge is 0.465 e. The Hall–Kier alpha value is -3.06. The molecule has 0 saturated heterocycles. The van der Waals surface area contributed by atoms with E-state index < -0.39 is 17.2 Å². The second kappa shape index (κ2) is 7.75. The van der Waals surface area contributed by atoms with Gasteiger partial charge in [0.25, 0.3) is 0 Å². The van der Waals surface area contributed by atoms with Gasteiger partial charge in [0.15, 0.2) is 11.6 Å². The van der Waals surface area contributed by atoms with Crippen LogP contribution >= 0.6 is 0 Å². The van der Waals surface area contributed by atoms with Crippen LogP contribution in [0.5, 0.6) is 0 Å². The highest BCUT2D eigenvalue weighted by Gasteiger charge is 2.44. The molecule has 4 rings (SSSR count). The Balaban J connectivity index is 1.52. The highest BCUT2D eigenvalue weighted by molar-refractivity contribution is 5.83. The third kappa shape index (κ3) is 3.78. The van der Waals surface area contributed by atoms with E-state index in [1.54, 1.807) is 6.92 Å². The number of benzene rings is 2. The Kier molecular flexibility index (Phi) is 5.15. The Morgan fingerprint density at radius 3 is 2.55 bits per heavy atom. The van der Waals surface area contributed by atoms with Gasteiger partial charge < -0.3 is 9.15 Å². The number of rotatable bonds is 6. The van der Waals surface area contributed by atoms with E-state index in [4.69, 9.17) is 9.15 Å². The first kappa shape index (κ1) is 19.3. The summed E-state index contributed by atoms with van der Waals surface area (Å²) in [5.41, 5.74) is 2.22. The maximum atomic E-state index is 13.5. The summed E-state index contributed by atoms with van der Waals surface area (Å²) in [6.07, 6.45) is 2.48. The number of halogens is 2. The van der Waals surface area contributed by atoms with Crippen LogP contribution in [-0.2, 0) is 28.9 Å². The Morgan fingerprint density at radius 2 is 1.90 bits per heavy atom. The van der Waals surface area contributed by atoms with Crippen LogP contribution in [0.25, 0.3) is 11.5 Å². The molecule has 150 valence electrons. The van der Waals surface area contributed by atoms with Gasteiger partial charge in [0.2, 0.25) is 5.89 Å². The molecule has 0 amide bonds. The highest BCUT2D eigenvalue weighted by Crippen LogP contribution is 2.32. The van der Waals surface area contributed by atoms with Crippen LogP contribution in [0.4, 0.5) is 8.78 Å². The smallest absolute Gasteiger partial charge is 0.327 e. The van der Waals surface area contributed by atoms with Crippen molar-refractivity contribution in [3.63, 3.8) is 0 Å². The lowest BCUT2D eigenvalue weighted by atomic mass is 9.95. The van der Waals surface area contributed by atoms with E-state index >= 15 is 0 Å². The van der Waals surface area contributed by atoms with Crippen molar-refractivity contribution in [2.45, 2.75) is 31.8 Å². The fourth-order valence-corrected chi connectivity index (χ4v) is 3.64. The molecule has 5 nitrogen and oxygen atoms in total. The number of ether oxygens (including phenoxy) is 1. The number of hydrogen-bond acceptors (Lipinski definition) is 5. The van der Waals surface area contributed by atoms with E-state index in [0.717, 1.165) is 23.3 Å². The predicted octanol–water partition coefficient (Wildman–Crippen LogP) is 3.81. The molecule has 0 bridgehead atoms. The molecule has 0 saturated carbocycles. The molecule has 1 N–H and O–H groups in total. The number of hydrogen-bond donors (Lipinski definition) is 1. The topological polar surface area (TPSA) is 64.4 Å². The van der Waals surface area contributed by atoms with E-state index in [1.807, 2.05) is 24.3 Å². The maximum absolute atomic E-state index is 13.5. The van der Waals surface area contributed by atoms with Gasteiger partial charge in [-0.15, -0.1) is 0 Å². The first-order chi connectivity index (χ1) is 14.0.